The summed E-state index contributed by atoms with van der Waals surface area (Å²) in [6.45, 7) is 2.42. The van der Waals surface area contributed by atoms with E-state index in [1.54, 1.807) is 0 Å². The molecule has 106 valence electrons. The van der Waals surface area contributed by atoms with Gasteiger partial charge in [0.05, 0.1) is 5.75 Å². The van der Waals surface area contributed by atoms with Crippen LogP contribution in [0.15, 0.2) is 18.2 Å². The van der Waals surface area contributed by atoms with Crippen LogP contribution in [0.4, 0.5) is 4.39 Å². The summed E-state index contributed by atoms with van der Waals surface area (Å²) in [4.78, 5) is 10.9. The summed E-state index contributed by atoms with van der Waals surface area (Å²) in [6, 6.07) is 3.34. The van der Waals surface area contributed by atoms with Gasteiger partial charge in [-0.3, -0.25) is 4.79 Å². The van der Waals surface area contributed by atoms with Gasteiger partial charge in [-0.15, -0.1) is 0 Å². The van der Waals surface area contributed by atoms with E-state index in [2.05, 4.69) is 0 Å². The highest BCUT2D eigenvalue weighted by Gasteiger charge is 2.32. The number of aliphatic carboxylic acids is 1. The second kappa shape index (κ2) is 5.44. The second-order valence-electron chi connectivity index (χ2n) is 4.53. The van der Waals surface area contributed by atoms with Gasteiger partial charge in [-0.2, -0.15) is 4.72 Å². The molecule has 2 N–H and O–H groups in total. The lowest BCUT2D eigenvalue weighted by Gasteiger charge is -2.21. The minimum atomic E-state index is -3.96. The number of halogens is 2. The first kappa shape index (κ1) is 15.9. The largest absolute Gasteiger partial charge is 0.480 e. The molecule has 0 saturated heterocycles. The van der Waals surface area contributed by atoms with Crippen molar-refractivity contribution in [2.75, 3.05) is 0 Å². The summed E-state index contributed by atoms with van der Waals surface area (Å²) < 4.78 is 38.7. The van der Waals surface area contributed by atoms with Crippen LogP contribution in [0.1, 0.15) is 19.4 Å². The normalized spacial score (nSPS) is 12.4. The Morgan fingerprint density at radius 3 is 2.58 bits per heavy atom. The lowest BCUT2D eigenvalue weighted by molar-refractivity contribution is -0.142. The molecule has 1 rings (SSSR count). The van der Waals surface area contributed by atoms with Gasteiger partial charge in [0.2, 0.25) is 10.0 Å². The first-order chi connectivity index (χ1) is 8.53. The summed E-state index contributed by atoms with van der Waals surface area (Å²) in [5.74, 6) is -2.53. The summed E-state index contributed by atoms with van der Waals surface area (Å²) in [6.07, 6.45) is 0. The molecule has 0 aliphatic carbocycles. The Balaban J connectivity index is 2.98. The number of benzene rings is 1. The average molecular weight is 310 g/mol. The molecule has 1 aromatic rings. The van der Waals surface area contributed by atoms with Crippen molar-refractivity contribution in [1.82, 2.24) is 4.72 Å². The molecule has 0 radical (unpaired) electrons. The van der Waals surface area contributed by atoms with Crippen LogP contribution in [0.2, 0.25) is 5.02 Å². The molecule has 0 bridgehead atoms. The highest BCUT2D eigenvalue weighted by molar-refractivity contribution is 7.88. The number of sulfonamides is 1. The van der Waals surface area contributed by atoms with Gasteiger partial charge in [0, 0.05) is 5.02 Å². The van der Waals surface area contributed by atoms with Crippen LogP contribution < -0.4 is 4.72 Å². The Morgan fingerprint density at radius 2 is 2.05 bits per heavy atom. The third kappa shape index (κ3) is 4.45. The van der Waals surface area contributed by atoms with Gasteiger partial charge in [-0.1, -0.05) is 11.6 Å². The molecule has 0 aliphatic rings. The predicted molar refractivity (Wildman–Crippen MR) is 68.9 cm³/mol. The maximum atomic E-state index is 13.0. The van der Waals surface area contributed by atoms with Crippen LogP contribution in [0.3, 0.4) is 0 Å². The van der Waals surface area contributed by atoms with Crippen LogP contribution in [-0.4, -0.2) is 25.0 Å². The highest BCUT2D eigenvalue weighted by Crippen LogP contribution is 2.20. The Kier molecular flexibility index (Phi) is 4.54. The Hall–Kier alpha value is -1.18. The van der Waals surface area contributed by atoms with E-state index in [-0.39, 0.29) is 10.6 Å². The van der Waals surface area contributed by atoms with E-state index in [4.69, 9.17) is 16.7 Å². The zero-order chi connectivity index (χ0) is 14.8. The van der Waals surface area contributed by atoms with Gasteiger partial charge in [-0.25, -0.2) is 12.8 Å². The Bertz CT molecular complexity index is 601. The summed E-state index contributed by atoms with van der Waals surface area (Å²) >= 11 is 5.76. The minimum Gasteiger partial charge on any atom is -0.480 e. The van der Waals surface area contributed by atoms with Gasteiger partial charge in [0.15, 0.2) is 0 Å². The van der Waals surface area contributed by atoms with Crippen molar-refractivity contribution in [2.24, 2.45) is 0 Å². The van der Waals surface area contributed by atoms with E-state index >= 15 is 0 Å². The molecule has 0 atom stereocenters. The Labute approximate surface area is 115 Å². The topological polar surface area (TPSA) is 83.5 Å². The van der Waals surface area contributed by atoms with E-state index in [0.717, 1.165) is 12.1 Å². The van der Waals surface area contributed by atoms with E-state index in [1.807, 2.05) is 4.72 Å². The van der Waals surface area contributed by atoms with Gasteiger partial charge in [0.25, 0.3) is 0 Å². The number of nitrogens with one attached hydrogen (secondary N) is 1. The smallest absolute Gasteiger partial charge is 0.324 e. The van der Waals surface area contributed by atoms with Gasteiger partial charge in [-0.05, 0) is 37.6 Å². The van der Waals surface area contributed by atoms with Crippen LogP contribution >= 0.6 is 11.6 Å². The zero-order valence-electron chi connectivity index (χ0n) is 10.3. The summed E-state index contributed by atoms with van der Waals surface area (Å²) in [5, 5.41) is 8.95. The molecular weight excluding hydrogens is 297 g/mol. The predicted octanol–water partition coefficient (Wildman–Crippen LogP) is 1.76. The molecule has 0 saturated carbocycles. The van der Waals surface area contributed by atoms with Crippen LogP contribution in [0, 0.1) is 5.82 Å². The summed E-state index contributed by atoms with van der Waals surface area (Å²) in [5.41, 5.74) is -1.59. The Morgan fingerprint density at radius 1 is 1.47 bits per heavy atom. The molecule has 0 unspecified atom stereocenters. The van der Waals surface area contributed by atoms with Crippen LogP contribution in [0.5, 0.6) is 0 Å². The van der Waals surface area contributed by atoms with E-state index < -0.39 is 33.1 Å². The average Bonchev–Trinajstić information content (AvgIpc) is 2.21. The monoisotopic (exact) mass is 309 g/mol. The number of carboxylic acid groups (broad SMARTS) is 1. The summed E-state index contributed by atoms with van der Waals surface area (Å²) in [7, 11) is -3.96. The lowest BCUT2D eigenvalue weighted by Crippen LogP contribution is -2.49. The first-order valence-corrected chi connectivity index (χ1v) is 7.25. The number of carbonyl (C=O) groups is 1. The maximum Gasteiger partial charge on any atom is 0.324 e. The number of carboxylic acids is 1. The molecule has 0 fully saturated rings. The number of hydrogen-bond donors (Lipinski definition) is 2. The molecule has 0 heterocycles. The van der Waals surface area contributed by atoms with Gasteiger partial charge >= 0.3 is 5.97 Å². The minimum absolute atomic E-state index is 0.0651. The molecule has 5 nitrogen and oxygen atoms in total. The zero-order valence-corrected chi connectivity index (χ0v) is 11.8. The molecule has 0 spiro atoms. The van der Waals surface area contributed by atoms with E-state index in [1.165, 1.54) is 19.9 Å². The second-order valence-corrected chi connectivity index (χ2v) is 6.66. The van der Waals surface area contributed by atoms with Crippen molar-refractivity contribution in [3.63, 3.8) is 0 Å². The molecule has 8 heteroatoms. The fourth-order valence-electron chi connectivity index (χ4n) is 1.33. The highest BCUT2D eigenvalue weighted by atomic mass is 35.5. The molecule has 1 aromatic carbocycles. The third-order valence-electron chi connectivity index (χ3n) is 2.30. The van der Waals surface area contributed by atoms with Crippen molar-refractivity contribution in [3.8, 4) is 0 Å². The maximum absolute atomic E-state index is 13.0. The SMILES string of the molecule is CC(C)(NS(=O)(=O)Cc1cc(F)ccc1Cl)C(=O)O. The van der Waals surface area contributed by atoms with E-state index in [9.17, 15) is 17.6 Å². The molecular formula is C11H13ClFNO4S. The van der Waals surface area contributed by atoms with Crippen molar-refractivity contribution >= 4 is 27.6 Å². The van der Waals surface area contributed by atoms with Crippen molar-refractivity contribution in [1.29, 1.82) is 0 Å². The standard InChI is InChI=1S/C11H13ClFNO4S/c1-11(2,10(15)16)14-19(17,18)6-7-5-8(13)3-4-9(7)12/h3-5,14H,6H2,1-2H3,(H,15,16). The van der Waals surface area contributed by atoms with Gasteiger partial charge < -0.3 is 5.11 Å². The third-order valence-corrected chi connectivity index (χ3v) is 4.18. The van der Waals surface area contributed by atoms with Gasteiger partial charge in [0.1, 0.15) is 11.4 Å². The van der Waals surface area contributed by atoms with Crippen LogP contribution in [-0.2, 0) is 20.6 Å². The quantitative estimate of drug-likeness (QED) is 0.868. The van der Waals surface area contributed by atoms with Crippen LogP contribution in [0.25, 0.3) is 0 Å². The molecule has 0 aliphatic heterocycles. The fourth-order valence-corrected chi connectivity index (χ4v) is 3.18. The van der Waals surface area contributed by atoms with Crippen molar-refractivity contribution in [2.45, 2.75) is 25.1 Å². The fraction of sp³-hybridized carbons (Fsp3) is 0.364. The molecule has 0 aromatic heterocycles. The van der Waals surface area contributed by atoms with E-state index in [0.29, 0.717) is 0 Å². The first-order valence-electron chi connectivity index (χ1n) is 5.22. The number of hydrogen-bond acceptors (Lipinski definition) is 3. The number of rotatable bonds is 5. The molecule has 0 amide bonds. The van der Waals surface area contributed by atoms with Crippen molar-refractivity contribution < 1.29 is 22.7 Å². The molecule has 19 heavy (non-hydrogen) atoms. The lowest BCUT2D eigenvalue weighted by atomic mass is 10.1. The van der Waals surface area contributed by atoms with Crippen molar-refractivity contribution in [3.05, 3.63) is 34.6 Å².